The van der Waals surface area contributed by atoms with E-state index in [9.17, 15) is 9.36 Å². The molecule has 0 rings (SSSR count). The van der Waals surface area contributed by atoms with Gasteiger partial charge in [0.2, 0.25) is 0 Å². The van der Waals surface area contributed by atoms with Gasteiger partial charge in [0.1, 0.15) is 11.9 Å². The van der Waals surface area contributed by atoms with Gasteiger partial charge in [-0.2, -0.15) is 0 Å². The molecule has 0 spiro atoms. The summed E-state index contributed by atoms with van der Waals surface area (Å²) in [6.45, 7) is 5.39. The van der Waals surface area contributed by atoms with Gasteiger partial charge in [0.25, 0.3) is 0 Å². The summed E-state index contributed by atoms with van der Waals surface area (Å²) in [5.74, 6) is 1.63. The molecule has 0 aromatic carbocycles. The highest BCUT2D eigenvalue weighted by atomic mass is 127. The van der Waals surface area contributed by atoms with Crippen molar-refractivity contribution < 1.29 is 18.4 Å². The van der Waals surface area contributed by atoms with E-state index in [2.05, 4.69) is 38.5 Å². The van der Waals surface area contributed by atoms with Crippen molar-refractivity contribution in [2.45, 2.75) is 20.8 Å². The van der Waals surface area contributed by atoms with E-state index in [1.165, 1.54) is 6.92 Å². The molecule has 0 aliphatic rings. The van der Waals surface area contributed by atoms with Crippen LogP contribution in [0.3, 0.4) is 0 Å². The van der Waals surface area contributed by atoms with Crippen LogP contribution in [0, 0.1) is 0 Å². The predicted molar refractivity (Wildman–Crippen MR) is 81.2 cm³/mol. The van der Waals surface area contributed by atoms with Gasteiger partial charge in [0, 0.05) is 0 Å². The van der Waals surface area contributed by atoms with Crippen LogP contribution in [0.15, 0.2) is 0 Å². The standard InChI is InChI=1S/C7H15O4P.CH3Br.CH3I/c1-4-10-12(9,11-5-2)6-7(3)8;2*1-2/h4-6H2,1-3H3;2*1H3. The maximum Gasteiger partial charge on any atom is 0.338 e. The van der Waals surface area contributed by atoms with Crippen LogP contribution in [0.2, 0.25) is 0 Å². The van der Waals surface area contributed by atoms with E-state index >= 15 is 0 Å². The van der Waals surface area contributed by atoms with Gasteiger partial charge in [-0.05, 0) is 31.5 Å². The molecule has 0 N–H and O–H groups in total. The van der Waals surface area contributed by atoms with Gasteiger partial charge < -0.3 is 9.05 Å². The highest BCUT2D eigenvalue weighted by Crippen LogP contribution is 2.47. The number of carbonyl (C=O) groups excluding carboxylic acids is 1. The number of carbonyl (C=O) groups is 1. The van der Waals surface area contributed by atoms with Crippen LogP contribution in [-0.4, -0.2) is 35.9 Å². The lowest BCUT2D eigenvalue weighted by atomic mass is 10.5. The molecule has 0 heterocycles. The zero-order valence-electron chi connectivity index (χ0n) is 10.5. The first-order chi connectivity index (χ1) is 7.54. The van der Waals surface area contributed by atoms with Gasteiger partial charge in [0.15, 0.2) is 0 Å². The first kappa shape index (κ1) is 22.2. The number of ketones is 1. The fourth-order valence-corrected chi connectivity index (χ4v) is 2.38. The molecule has 0 unspecified atom stereocenters. The Bertz CT molecular complexity index is 192. The molecule has 0 atom stereocenters. The Kier molecular flexibility index (Phi) is 22.3. The zero-order valence-corrected chi connectivity index (χ0v) is 15.1. The van der Waals surface area contributed by atoms with E-state index in [0.29, 0.717) is 13.2 Å². The monoisotopic (exact) mass is 430 g/mol. The molecule has 0 aromatic rings. The first-order valence-electron chi connectivity index (χ1n) is 4.67. The number of hydrogen-bond donors (Lipinski definition) is 0. The number of Topliss-reactive ketones (excluding diaryl/α,β-unsaturated/α-hetero) is 1. The normalized spacial score (nSPS) is 9.44. The number of alkyl halides is 2. The third-order valence-electron chi connectivity index (χ3n) is 1.07. The Morgan fingerprint density at radius 2 is 1.50 bits per heavy atom. The highest BCUT2D eigenvalue weighted by molar-refractivity contribution is 14.1. The maximum absolute atomic E-state index is 11.6. The molecule has 0 saturated carbocycles. The molecule has 0 aromatic heterocycles. The Balaban J connectivity index is -0.000000376. The quantitative estimate of drug-likeness (QED) is 0.364. The summed E-state index contributed by atoms with van der Waals surface area (Å²) in [7, 11) is -3.12. The van der Waals surface area contributed by atoms with Gasteiger partial charge in [-0.25, -0.2) is 0 Å². The molecule has 16 heavy (non-hydrogen) atoms. The fraction of sp³-hybridized carbons (Fsp3) is 0.889. The molecular weight excluding hydrogens is 410 g/mol. The summed E-state index contributed by atoms with van der Waals surface area (Å²) in [4.78, 5) is 12.6. The topological polar surface area (TPSA) is 52.6 Å². The first-order valence-corrected chi connectivity index (χ1v) is 10.1. The summed E-state index contributed by atoms with van der Waals surface area (Å²) >= 11 is 5.09. The van der Waals surface area contributed by atoms with Gasteiger partial charge in [-0.15, -0.1) is 0 Å². The second-order valence-corrected chi connectivity index (χ2v) is 4.36. The highest BCUT2D eigenvalue weighted by Gasteiger charge is 2.25. The van der Waals surface area contributed by atoms with Crippen LogP contribution in [-0.2, 0) is 18.4 Å². The number of halogens is 2. The summed E-state index contributed by atoms with van der Waals surface area (Å²) in [5.41, 5.74) is 0. The third kappa shape index (κ3) is 15.0. The minimum absolute atomic E-state index is 0.130. The summed E-state index contributed by atoms with van der Waals surface area (Å²) < 4.78 is 21.3. The summed E-state index contributed by atoms with van der Waals surface area (Å²) in [6, 6.07) is 0. The van der Waals surface area contributed by atoms with E-state index in [4.69, 9.17) is 9.05 Å². The third-order valence-corrected chi connectivity index (χ3v) is 3.20. The number of rotatable bonds is 6. The van der Waals surface area contributed by atoms with Crippen molar-refractivity contribution in [2.75, 3.05) is 30.1 Å². The lowest BCUT2D eigenvalue weighted by Crippen LogP contribution is -2.06. The van der Waals surface area contributed by atoms with Gasteiger partial charge >= 0.3 is 7.60 Å². The molecule has 0 radical (unpaired) electrons. The molecule has 100 valence electrons. The molecular formula is C9H21BrIO4P. The zero-order chi connectivity index (χ0) is 13.6. The SMILES string of the molecule is CBr.CCOP(=O)(CC(C)=O)OCC.CI. The Morgan fingerprint density at radius 3 is 1.69 bits per heavy atom. The average molecular weight is 431 g/mol. The Hall–Kier alpha value is 1.03. The molecule has 0 fully saturated rings. The minimum Gasteiger partial charge on any atom is -0.309 e. The van der Waals surface area contributed by atoms with Crippen LogP contribution in [0.5, 0.6) is 0 Å². The molecule has 7 heteroatoms. The molecule has 0 saturated heterocycles. The summed E-state index contributed by atoms with van der Waals surface area (Å²) in [5, 5.41) is 0. The smallest absolute Gasteiger partial charge is 0.309 e. The van der Waals surface area contributed by atoms with Crippen molar-refractivity contribution in [3.63, 3.8) is 0 Å². The van der Waals surface area contributed by atoms with Gasteiger partial charge in [-0.1, -0.05) is 38.5 Å². The predicted octanol–water partition coefficient (Wildman–Crippen LogP) is 3.90. The van der Waals surface area contributed by atoms with Crippen molar-refractivity contribution >= 4 is 51.9 Å². The molecule has 0 aliphatic heterocycles. The minimum atomic E-state index is -3.12. The van der Waals surface area contributed by atoms with Crippen molar-refractivity contribution in [3.8, 4) is 0 Å². The van der Waals surface area contributed by atoms with Crippen LogP contribution in [0.25, 0.3) is 0 Å². The maximum atomic E-state index is 11.6. The lowest BCUT2D eigenvalue weighted by molar-refractivity contribution is -0.114. The van der Waals surface area contributed by atoms with Crippen molar-refractivity contribution in [1.29, 1.82) is 0 Å². The van der Waals surface area contributed by atoms with E-state index in [0.717, 1.165) is 0 Å². The van der Waals surface area contributed by atoms with Crippen molar-refractivity contribution in [3.05, 3.63) is 0 Å². The number of hydrogen-bond acceptors (Lipinski definition) is 4. The largest absolute Gasteiger partial charge is 0.338 e. The van der Waals surface area contributed by atoms with E-state index in [-0.39, 0.29) is 11.9 Å². The average Bonchev–Trinajstić information content (AvgIpc) is 2.23. The van der Waals surface area contributed by atoms with Crippen molar-refractivity contribution in [2.24, 2.45) is 0 Å². The lowest BCUT2D eigenvalue weighted by Gasteiger charge is -2.14. The second kappa shape index (κ2) is 16.0. The second-order valence-electron chi connectivity index (χ2n) is 2.31. The molecule has 0 amide bonds. The van der Waals surface area contributed by atoms with Crippen LogP contribution < -0.4 is 0 Å². The van der Waals surface area contributed by atoms with Crippen LogP contribution in [0.4, 0.5) is 0 Å². The van der Waals surface area contributed by atoms with Gasteiger partial charge in [-0.3, -0.25) is 9.36 Å². The Morgan fingerprint density at radius 1 is 1.19 bits per heavy atom. The molecule has 0 aliphatic carbocycles. The van der Waals surface area contributed by atoms with Crippen LogP contribution >= 0.6 is 46.1 Å². The molecule has 0 bridgehead atoms. The molecule has 4 nitrogen and oxygen atoms in total. The van der Waals surface area contributed by atoms with E-state index < -0.39 is 7.60 Å². The van der Waals surface area contributed by atoms with Crippen molar-refractivity contribution in [1.82, 2.24) is 0 Å². The van der Waals surface area contributed by atoms with E-state index in [1.54, 1.807) is 13.8 Å². The fourth-order valence-electron chi connectivity index (χ4n) is 0.795. The summed E-state index contributed by atoms with van der Waals surface area (Å²) in [6.07, 6.45) is -0.130. The Labute approximate surface area is 121 Å². The van der Waals surface area contributed by atoms with E-state index in [1.807, 2.05) is 10.8 Å². The van der Waals surface area contributed by atoms with Gasteiger partial charge in [0.05, 0.1) is 13.2 Å². The van der Waals surface area contributed by atoms with Crippen LogP contribution in [0.1, 0.15) is 20.8 Å².